The molecule has 26 heavy (non-hydrogen) atoms. The first-order chi connectivity index (χ1) is 12.7. The molecule has 0 atom stereocenters. The summed E-state index contributed by atoms with van der Waals surface area (Å²) in [5, 5.41) is 0.468. The number of thioether (sulfide) groups is 1. The van der Waals surface area contributed by atoms with Gasteiger partial charge in [0.2, 0.25) is 0 Å². The number of aromatic nitrogens is 2. The van der Waals surface area contributed by atoms with Crippen LogP contribution >= 0.6 is 11.8 Å². The zero-order valence-corrected chi connectivity index (χ0v) is 15.1. The predicted molar refractivity (Wildman–Crippen MR) is 104 cm³/mol. The summed E-state index contributed by atoms with van der Waals surface area (Å²) in [6, 6.07) is 16.7. The monoisotopic (exact) mass is 369 g/mol. The lowest BCUT2D eigenvalue weighted by Gasteiger charge is -2.10. The summed E-state index contributed by atoms with van der Waals surface area (Å²) >= 11 is 1.37. The zero-order chi connectivity index (χ0) is 18.4. The summed E-state index contributed by atoms with van der Waals surface area (Å²) in [7, 11) is 1.60. The van der Waals surface area contributed by atoms with Crippen LogP contribution in [0.2, 0.25) is 0 Å². The maximum atomic E-state index is 12.4. The van der Waals surface area contributed by atoms with Crippen LogP contribution in [-0.4, -0.2) is 29.4 Å². The topological polar surface area (TPSA) is 90.2 Å². The average molecular weight is 369 g/mol. The van der Waals surface area contributed by atoms with Gasteiger partial charge in [-0.15, -0.1) is 0 Å². The zero-order valence-electron chi connectivity index (χ0n) is 14.3. The van der Waals surface area contributed by atoms with E-state index in [1.807, 2.05) is 54.6 Å². The molecule has 3 rings (SSSR count). The van der Waals surface area contributed by atoms with Crippen molar-refractivity contribution in [3.63, 3.8) is 0 Å². The highest BCUT2D eigenvalue weighted by atomic mass is 32.2. The largest absolute Gasteiger partial charge is 0.493 e. The lowest BCUT2D eigenvalue weighted by molar-refractivity contribution is 0.313. The third kappa shape index (κ3) is 4.18. The number of para-hydroxylation sites is 2. The Bertz CT molecular complexity index is 929. The fourth-order valence-corrected chi connectivity index (χ4v) is 3.14. The summed E-state index contributed by atoms with van der Waals surface area (Å²) in [5.74, 6) is 2.18. The van der Waals surface area contributed by atoms with Gasteiger partial charge in [-0.2, -0.15) is 0 Å². The SMILES string of the molecule is COc1ccccc1OCCSc1nc(N)c(-c2ccccc2)c(=O)[nH]1. The molecule has 0 aliphatic heterocycles. The molecule has 6 nitrogen and oxygen atoms in total. The lowest BCUT2D eigenvalue weighted by atomic mass is 10.1. The van der Waals surface area contributed by atoms with Crippen LogP contribution in [0.25, 0.3) is 11.1 Å². The fourth-order valence-electron chi connectivity index (χ4n) is 2.45. The number of H-pyrrole nitrogens is 1. The summed E-state index contributed by atoms with van der Waals surface area (Å²) in [5.41, 5.74) is 6.88. The molecular formula is C19H19N3O3S. The van der Waals surface area contributed by atoms with Crippen LogP contribution in [0.5, 0.6) is 11.5 Å². The molecule has 0 aliphatic carbocycles. The molecule has 0 bridgehead atoms. The summed E-state index contributed by atoms with van der Waals surface area (Å²) in [6.07, 6.45) is 0. The number of anilines is 1. The molecule has 0 saturated heterocycles. The molecule has 0 amide bonds. The van der Waals surface area contributed by atoms with Crippen molar-refractivity contribution in [3.05, 3.63) is 65.0 Å². The Morgan fingerprint density at radius 2 is 1.77 bits per heavy atom. The summed E-state index contributed by atoms with van der Waals surface area (Å²) in [6.45, 7) is 0.440. The average Bonchev–Trinajstić information content (AvgIpc) is 2.66. The van der Waals surface area contributed by atoms with Gasteiger partial charge in [0.05, 0.1) is 19.3 Å². The number of nitrogens with zero attached hydrogens (tertiary/aromatic N) is 1. The number of methoxy groups -OCH3 is 1. The third-order valence-corrected chi connectivity index (χ3v) is 4.47. The standard InChI is InChI=1S/C19H19N3O3S/c1-24-14-9-5-6-10-15(14)25-11-12-26-19-21-17(20)16(18(23)22-19)13-7-3-2-4-8-13/h2-10H,11-12H2,1H3,(H3,20,21,22,23). The molecule has 1 heterocycles. The van der Waals surface area contributed by atoms with Crippen molar-refractivity contribution < 1.29 is 9.47 Å². The lowest BCUT2D eigenvalue weighted by Crippen LogP contribution is -2.15. The molecular weight excluding hydrogens is 350 g/mol. The molecule has 0 fully saturated rings. The van der Waals surface area contributed by atoms with Gasteiger partial charge in [0.15, 0.2) is 16.7 Å². The highest BCUT2D eigenvalue weighted by Crippen LogP contribution is 2.26. The van der Waals surface area contributed by atoms with Crippen LogP contribution in [0.4, 0.5) is 5.82 Å². The van der Waals surface area contributed by atoms with E-state index in [9.17, 15) is 4.79 Å². The number of benzene rings is 2. The van der Waals surface area contributed by atoms with E-state index in [-0.39, 0.29) is 11.4 Å². The van der Waals surface area contributed by atoms with Crippen molar-refractivity contribution in [1.29, 1.82) is 0 Å². The minimum absolute atomic E-state index is 0.216. The molecule has 3 N–H and O–H groups in total. The summed E-state index contributed by atoms with van der Waals surface area (Å²) in [4.78, 5) is 19.4. The number of hydrogen-bond donors (Lipinski definition) is 2. The Morgan fingerprint density at radius 1 is 1.08 bits per heavy atom. The number of nitrogen functional groups attached to an aromatic ring is 1. The molecule has 7 heteroatoms. The van der Waals surface area contributed by atoms with E-state index in [4.69, 9.17) is 15.2 Å². The van der Waals surface area contributed by atoms with E-state index < -0.39 is 0 Å². The molecule has 0 spiro atoms. The van der Waals surface area contributed by atoms with Gasteiger partial charge in [-0.3, -0.25) is 4.79 Å². The van der Waals surface area contributed by atoms with Crippen LogP contribution in [0, 0.1) is 0 Å². The number of nitrogens with one attached hydrogen (secondary N) is 1. The van der Waals surface area contributed by atoms with Gasteiger partial charge in [-0.05, 0) is 17.7 Å². The van der Waals surface area contributed by atoms with E-state index in [0.717, 1.165) is 5.56 Å². The van der Waals surface area contributed by atoms with Crippen LogP contribution in [0.15, 0.2) is 64.5 Å². The van der Waals surface area contributed by atoms with Gasteiger partial charge in [0.1, 0.15) is 5.82 Å². The second-order valence-corrected chi connectivity index (χ2v) is 6.43. The Hall–Kier alpha value is -2.93. The molecule has 0 radical (unpaired) electrons. The third-order valence-electron chi connectivity index (χ3n) is 3.64. The van der Waals surface area contributed by atoms with Crippen molar-refractivity contribution in [2.75, 3.05) is 25.2 Å². The first-order valence-electron chi connectivity index (χ1n) is 8.03. The van der Waals surface area contributed by atoms with Crippen LogP contribution in [-0.2, 0) is 0 Å². The van der Waals surface area contributed by atoms with Crippen LogP contribution in [0.1, 0.15) is 0 Å². The molecule has 0 unspecified atom stereocenters. The highest BCUT2D eigenvalue weighted by molar-refractivity contribution is 7.99. The number of hydrogen-bond acceptors (Lipinski definition) is 6. The van der Waals surface area contributed by atoms with Crippen molar-refractivity contribution in [2.45, 2.75) is 5.16 Å². The second kappa shape index (κ2) is 8.44. The minimum Gasteiger partial charge on any atom is -0.493 e. The normalized spacial score (nSPS) is 10.5. The first-order valence-corrected chi connectivity index (χ1v) is 9.01. The Balaban J connectivity index is 1.63. The maximum absolute atomic E-state index is 12.4. The predicted octanol–water partition coefficient (Wildman–Crippen LogP) is 3.20. The maximum Gasteiger partial charge on any atom is 0.261 e. The van der Waals surface area contributed by atoms with E-state index in [1.165, 1.54) is 11.8 Å². The van der Waals surface area contributed by atoms with Gasteiger partial charge in [0.25, 0.3) is 5.56 Å². The van der Waals surface area contributed by atoms with E-state index >= 15 is 0 Å². The molecule has 2 aromatic carbocycles. The van der Waals surface area contributed by atoms with Crippen molar-refractivity contribution >= 4 is 17.6 Å². The molecule has 0 aliphatic rings. The smallest absolute Gasteiger partial charge is 0.261 e. The second-order valence-electron chi connectivity index (χ2n) is 5.35. The number of ether oxygens (including phenoxy) is 2. The quantitative estimate of drug-likeness (QED) is 0.378. The Kier molecular flexibility index (Phi) is 5.80. The van der Waals surface area contributed by atoms with E-state index in [0.29, 0.717) is 34.6 Å². The molecule has 0 saturated carbocycles. The fraction of sp³-hybridized carbons (Fsp3) is 0.158. The molecule has 1 aromatic heterocycles. The first kappa shape index (κ1) is 17.9. The Labute approximate surface area is 155 Å². The number of rotatable bonds is 7. The van der Waals surface area contributed by atoms with Gasteiger partial charge < -0.3 is 20.2 Å². The van der Waals surface area contributed by atoms with E-state index in [1.54, 1.807) is 7.11 Å². The van der Waals surface area contributed by atoms with Crippen molar-refractivity contribution in [1.82, 2.24) is 9.97 Å². The van der Waals surface area contributed by atoms with Crippen molar-refractivity contribution in [2.24, 2.45) is 0 Å². The van der Waals surface area contributed by atoms with Crippen LogP contribution in [0.3, 0.4) is 0 Å². The van der Waals surface area contributed by atoms with Crippen molar-refractivity contribution in [3.8, 4) is 22.6 Å². The van der Waals surface area contributed by atoms with Gasteiger partial charge >= 0.3 is 0 Å². The van der Waals surface area contributed by atoms with Gasteiger partial charge in [0, 0.05) is 5.75 Å². The molecule has 3 aromatic rings. The summed E-state index contributed by atoms with van der Waals surface area (Å²) < 4.78 is 10.9. The molecule has 134 valence electrons. The number of nitrogens with two attached hydrogens (primary N) is 1. The number of aromatic amines is 1. The van der Waals surface area contributed by atoms with E-state index in [2.05, 4.69) is 9.97 Å². The van der Waals surface area contributed by atoms with Gasteiger partial charge in [-0.1, -0.05) is 54.2 Å². The minimum atomic E-state index is -0.253. The van der Waals surface area contributed by atoms with Crippen LogP contribution < -0.4 is 20.8 Å². The Morgan fingerprint density at radius 3 is 2.46 bits per heavy atom. The van der Waals surface area contributed by atoms with Gasteiger partial charge in [-0.25, -0.2) is 4.98 Å². The highest BCUT2D eigenvalue weighted by Gasteiger charge is 2.11.